The molecule has 26 heavy (non-hydrogen) atoms. The highest BCUT2D eigenvalue weighted by Gasteiger charge is 2.30. The zero-order valence-electron chi connectivity index (χ0n) is 14.0. The normalized spacial score (nSPS) is 12.0. The van der Waals surface area contributed by atoms with Gasteiger partial charge in [0.2, 0.25) is 0 Å². The van der Waals surface area contributed by atoms with Crippen LogP contribution in [-0.4, -0.2) is 9.55 Å². The molecule has 2 aromatic carbocycles. The molecule has 2 nitrogen and oxygen atoms in total. The Labute approximate surface area is 158 Å². The zero-order valence-corrected chi connectivity index (χ0v) is 15.6. The Morgan fingerprint density at radius 1 is 1.00 bits per heavy atom. The van der Waals surface area contributed by atoms with E-state index in [4.69, 9.17) is 0 Å². The van der Waals surface area contributed by atoms with E-state index in [0.717, 1.165) is 28.0 Å². The molecule has 0 spiro atoms. The molecule has 0 aliphatic rings. The second-order valence-corrected chi connectivity index (χ2v) is 6.65. The summed E-state index contributed by atoms with van der Waals surface area (Å²) in [5.41, 5.74) is 1.68. The van der Waals surface area contributed by atoms with Gasteiger partial charge in [-0.3, -0.25) is 0 Å². The molecule has 0 N–H and O–H groups in total. The second-order valence-electron chi connectivity index (χ2n) is 5.73. The first-order valence-electron chi connectivity index (χ1n) is 8.05. The van der Waals surface area contributed by atoms with Crippen molar-refractivity contribution in [3.05, 3.63) is 76.2 Å². The third-order valence-corrected chi connectivity index (χ3v) is 4.48. The molecule has 0 saturated heterocycles. The fourth-order valence-corrected chi connectivity index (χ4v) is 2.79. The average molecular weight is 421 g/mol. The van der Waals surface area contributed by atoms with Gasteiger partial charge in [-0.05, 0) is 42.8 Å². The lowest BCUT2D eigenvalue weighted by molar-refractivity contribution is -0.137. The summed E-state index contributed by atoms with van der Waals surface area (Å²) in [5.74, 6) is 0.755. The minimum Gasteiger partial charge on any atom is -0.331 e. The van der Waals surface area contributed by atoms with E-state index < -0.39 is 11.7 Å². The van der Waals surface area contributed by atoms with E-state index in [0.29, 0.717) is 17.8 Å². The number of hydrogen-bond acceptors (Lipinski definition) is 1. The van der Waals surface area contributed by atoms with Crippen LogP contribution in [0, 0.1) is 0 Å². The molecule has 1 heterocycles. The van der Waals surface area contributed by atoms with Gasteiger partial charge in [-0.15, -0.1) is 0 Å². The zero-order chi connectivity index (χ0) is 18.7. The maximum atomic E-state index is 12.7. The highest BCUT2D eigenvalue weighted by molar-refractivity contribution is 9.10. The van der Waals surface area contributed by atoms with E-state index in [1.165, 1.54) is 12.1 Å². The van der Waals surface area contributed by atoms with E-state index in [1.54, 1.807) is 0 Å². The molecule has 6 heteroatoms. The average Bonchev–Trinajstić information content (AvgIpc) is 3.04. The largest absolute Gasteiger partial charge is 0.416 e. The molecule has 0 aliphatic heterocycles. The van der Waals surface area contributed by atoms with Crippen molar-refractivity contribution in [1.29, 1.82) is 0 Å². The first-order chi connectivity index (χ1) is 12.4. The standard InChI is InChI=1S/C20H16BrF3N2/c1-2-26-13-18(15-6-8-16(9-7-15)20(22,23)24)25-19(26)12-5-14-3-10-17(21)11-4-14/h3-13H,2H2,1H3/b12-5+. The number of hydrogen-bond donors (Lipinski definition) is 0. The number of alkyl halides is 3. The van der Waals surface area contributed by atoms with Gasteiger partial charge >= 0.3 is 6.18 Å². The van der Waals surface area contributed by atoms with Crippen LogP contribution in [0.3, 0.4) is 0 Å². The summed E-state index contributed by atoms with van der Waals surface area (Å²) in [7, 11) is 0. The Balaban J connectivity index is 1.87. The Bertz CT molecular complexity index is 908. The quantitative estimate of drug-likeness (QED) is 0.469. The van der Waals surface area contributed by atoms with Gasteiger partial charge in [-0.1, -0.05) is 46.3 Å². The molecule has 0 aliphatic carbocycles. The molecule has 3 rings (SSSR count). The van der Waals surface area contributed by atoms with Crippen LogP contribution in [0.25, 0.3) is 23.4 Å². The highest BCUT2D eigenvalue weighted by Crippen LogP contribution is 2.31. The topological polar surface area (TPSA) is 17.8 Å². The Kier molecular flexibility index (Phi) is 5.32. The molecule has 3 aromatic rings. The molecule has 0 saturated carbocycles. The lowest BCUT2D eigenvalue weighted by Crippen LogP contribution is -2.03. The van der Waals surface area contributed by atoms with Crippen molar-refractivity contribution in [2.45, 2.75) is 19.6 Å². The second kappa shape index (κ2) is 7.50. The SMILES string of the molecule is CCn1cc(-c2ccc(C(F)(F)F)cc2)nc1/C=C/c1ccc(Br)cc1. The lowest BCUT2D eigenvalue weighted by atomic mass is 10.1. The van der Waals surface area contributed by atoms with E-state index >= 15 is 0 Å². The molecule has 1 aromatic heterocycles. The van der Waals surface area contributed by atoms with Crippen molar-refractivity contribution in [2.24, 2.45) is 0 Å². The maximum absolute atomic E-state index is 12.7. The molecule has 0 unspecified atom stereocenters. The fourth-order valence-electron chi connectivity index (χ4n) is 2.53. The third kappa shape index (κ3) is 4.25. The van der Waals surface area contributed by atoms with E-state index in [9.17, 15) is 13.2 Å². The molecule has 0 fully saturated rings. The van der Waals surface area contributed by atoms with Crippen molar-refractivity contribution in [3.63, 3.8) is 0 Å². The Morgan fingerprint density at radius 2 is 1.65 bits per heavy atom. The third-order valence-electron chi connectivity index (χ3n) is 3.95. The molecule has 0 atom stereocenters. The number of rotatable bonds is 4. The minimum atomic E-state index is -4.33. The highest BCUT2D eigenvalue weighted by atomic mass is 79.9. The lowest BCUT2D eigenvalue weighted by Gasteiger charge is -2.06. The number of benzene rings is 2. The van der Waals surface area contributed by atoms with E-state index in [1.807, 2.05) is 54.1 Å². The van der Waals surface area contributed by atoms with Crippen molar-refractivity contribution in [2.75, 3.05) is 0 Å². The summed E-state index contributed by atoms with van der Waals surface area (Å²) in [6, 6.07) is 12.9. The number of nitrogens with zero attached hydrogens (tertiary/aromatic N) is 2. The monoisotopic (exact) mass is 420 g/mol. The first-order valence-corrected chi connectivity index (χ1v) is 8.84. The number of imidazole rings is 1. The molecule has 134 valence electrons. The van der Waals surface area contributed by atoms with Gasteiger partial charge in [0.25, 0.3) is 0 Å². The van der Waals surface area contributed by atoms with Crippen molar-refractivity contribution >= 4 is 28.1 Å². The number of aryl methyl sites for hydroxylation is 1. The molecule has 0 radical (unpaired) electrons. The molecule has 0 amide bonds. The maximum Gasteiger partial charge on any atom is 0.416 e. The van der Waals surface area contributed by atoms with E-state index in [-0.39, 0.29) is 0 Å². The van der Waals surface area contributed by atoms with Crippen molar-refractivity contribution in [3.8, 4) is 11.3 Å². The summed E-state index contributed by atoms with van der Waals surface area (Å²) in [6.45, 7) is 2.71. The first kappa shape index (κ1) is 18.5. The van der Waals surface area contributed by atoms with Gasteiger partial charge in [0, 0.05) is 22.8 Å². The van der Waals surface area contributed by atoms with Crippen LogP contribution in [0.2, 0.25) is 0 Å². The van der Waals surface area contributed by atoms with Crippen molar-refractivity contribution in [1.82, 2.24) is 9.55 Å². The van der Waals surface area contributed by atoms with Gasteiger partial charge in [-0.2, -0.15) is 13.2 Å². The predicted molar refractivity (Wildman–Crippen MR) is 101 cm³/mol. The fraction of sp³-hybridized carbons (Fsp3) is 0.150. The van der Waals surface area contributed by atoms with Gasteiger partial charge < -0.3 is 4.57 Å². The van der Waals surface area contributed by atoms with Crippen LogP contribution >= 0.6 is 15.9 Å². The van der Waals surface area contributed by atoms with Crippen LogP contribution in [0.1, 0.15) is 23.9 Å². The minimum absolute atomic E-state index is 0.649. The Hall–Kier alpha value is -2.34. The van der Waals surface area contributed by atoms with Gasteiger partial charge in [0.05, 0.1) is 11.3 Å². The van der Waals surface area contributed by atoms with Gasteiger partial charge in [0.15, 0.2) is 0 Å². The predicted octanol–water partition coefficient (Wildman–Crippen LogP) is 6.52. The number of halogens is 4. The van der Waals surface area contributed by atoms with E-state index in [2.05, 4.69) is 20.9 Å². The van der Waals surface area contributed by atoms with Gasteiger partial charge in [0.1, 0.15) is 5.82 Å². The van der Waals surface area contributed by atoms with Crippen LogP contribution < -0.4 is 0 Å². The summed E-state index contributed by atoms with van der Waals surface area (Å²) < 4.78 is 41.1. The molecular formula is C20H16BrF3N2. The smallest absolute Gasteiger partial charge is 0.331 e. The van der Waals surface area contributed by atoms with Crippen molar-refractivity contribution < 1.29 is 13.2 Å². The summed E-state index contributed by atoms with van der Waals surface area (Å²) >= 11 is 3.40. The van der Waals surface area contributed by atoms with Crippen LogP contribution in [0.5, 0.6) is 0 Å². The van der Waals surface area contributed by atoms with Crippen LogP contribution in [0.4, 0.5) is 13.2 Å². The summed E-state index contributed by atoms with van der Waals surface area (Å²) in [4.78, 5) is 4.56. The molecular weight excluding hydrogens is 405 g/mol. The Morgan fingerprint density at radius 3 is 2.23 bits per heavy atom. The number of aromatic nitrogens is 2. The summed E-state index contributed by atoms with van der Waals surface area (Å²) in [6.07, 6.45) is 1.38. The van der Waals surface area contributed by atoms with Crippen LogP contribution in [-0.2, 0) is 12.7 Å². The summed E-state index contributed by atoms with van der Waals surface area (Å²) in [5, 5.41) is 0. The molecule has 0 bridgehead atoms. The van der Waals surface area contributed by atoms with Crippen LogP contribution in [0.15, 0.2) is 59.2 Å². The van der Waals surface area contributed by atoms with Gasteiger partial charge in [-0.25, -0.2) is 4.98 Å².